The van der Waals surface area contributed by atoms with E-state index in [-0.39, 0.29) is 5.56 Å². The molecular weight excluding hydrogens is 372 g/mol. The highest BCUT2D eigenvalue weighted by Gasteiger charge is 2.17. The summed E-state index contributed by atoms with van der Waals surface area (Å²) >= 11 is 3.41. The maximum Gasteiger partial charge on any atom is 0.283 e. The van der Waals surface area contributed by atoms with Crippen LogP contribution in [0.2, 0.25) is 0 Å². The van der Waals surface area contributed by atoms with E-state index in [1.807, 2.05) is 24.3 Å². The van der Waals surface area contributed by atoms with Gasteiger partial charge in [0.15, 0.2) is 11.2 Å². The van der Waals surface area contributed by atoms with Gasteiger partial charge in [0.2, 0.25) is 0 Å². The van der Waals surface area contributed by atoms with Gasteiger partial charge in [-0.3, -0.25) is 9.36 Å². The van der Waals surface area contributed by atoms with E-state index < -0.39 is 0 Å². The van der Waals surface area contributed by atoms with Crippen LogP contribution in [-0.4, -0.2) is 44.2 Å². The van der Waals surface area contributed by atoms with Crippen molar-refractivity contribution in [2.45, 2.75) is 19.4 Å². The molecule has 0 amide bonds. The highest BCUT2D eigenvalue weighted by molar-refractivity contribution is 9.10. The van der Waals surface area contributed by atoms with Crippen LogP contribution in [0, 0.1) is 0 Å². The number of benzene rings is 1. The molecule has 0 bridgehead atoms. The molecule has 0 spiro atoms. The van der Waals surface area contributed by atoms with Gasteiger partial charge in [-0.1, -0.05) is 21.1 Å². The zero-order valence-corrected chi connectivity index (χ0v) is 14.7. The molecule has 0 atom stereocenters. The third kappa shape index (κ3) is 2.87. The minimum absolute atomic E-state index is 0.123. The van der Waals surface area contributed by atoms with Crippen molar-refractivity contribution in [1.29, 1.82) is 0 Å². The normalized spacial score (nSPS) is 15.4. The summed E-state index contributed by atoms with van der Waals surface area (Å²) in [6.07, 6.45) is 4.17. The second kappa shape index (κ2) is 6.45. The molecule has 124 valence electrons. The number of nitrogens with zero attached hydrogens (tertiary/aromatic N) is 5. The maximum atomic E-state index is 12.6. The zero-order chi connectivity index (χ0) is 16.5. The number of rotatable bonds is 4. The van der Waals surface area contributed by atoms with E-state index in [4.69, 9.17) is 0 Å². The third-order valence-electron chi connectivity index (χ3n) is 4.52. The molecular formula is C16H18BrN6O+. The topological polar surface area (TPSA) is 70.0 Å². The Kier molecular flexibility index (Phi) is 4.15. The second-order valence-corrected chi connectivity index (χ2v) is 7.02. The molecule has 24 heavy (non-hydrogen) atoms. The Hall–Kier alpha value is -2.06. The predicted molar refractivity (Wildman–Crippen MR) is 93.4 cm³/mol. The summed E-state index contributed by atoms with van der Waals surface area (Å²) in [4.78, 5) is 18.6. The van der Waals surface area contributed by atoms with Crippen LogP contribution in [0.1, 0.15) is 12.8 Å². The first kappa shape index (κ1) is 15.5. The minimum Gasteiger partial charge on any atom is -0.333 e. The lowest BCUT2D eigenvalue weighted by atomic mass is 10.3. The van der Waals surface area contributed by atoms with Gasteiger partial charge in [-0.2, -0.15) is 4.68 Å². The highest BCUT2D eigenvalue weighted by Crippen LogP contribution is 2.15. The Morgan fingerprint density at radius 1 is 1.17 bits per heavy atom. The number of halogens is 1. The standard InChI is InChI=1S/C16H17BrN6O/c17-12-3-5-13(6-4-12)23-15-14(19-20-23)16(24)22(11-18-15)10-9-21-7-1-2-8-21/h3-6,11H,1-2,7-10H2/p+1. The summed E-state index contributed by atoms with van der Waals surface area (Å²) < 4.78 is 4.23. The predicted octanol–water partition coefficient (Wildman–Crippen LogP) is 0.418. The van der Waals surface area contributed by atoms with Crippen LogP contribution in [0.4, 0.5) is 0 Å². The monoisotopic (exact) mass is 389 g/mol. The van der Waals surface area contributed by atoms with E-state index in [0.29, 0.717) is 17.7 Å². The molecule has 0 saturated carbocycles. The molecule has 8 heteroatoms. The van der Waals surface area contributed by atoms with Crippen LogP contribution < -0.4 is 10.5 Å². The number of hydrogen-bond acceptors (Lipinski definition) is 4. The maximum absolute atomic E-state index is 12.6. The van der Waals surface area contributed by atoms with Gasteiger partial charge in [-0.25, -0.2) is 4.98 Å². The Balaban J connectivity index is 1.65. The molecule has 0 radical (unpaired) electrons. The number of likely N-dealkylation sites (tertiary alicyclic amines) is 1. The van der Waals surface area contributed by atoms with E-state index in [9.17, 15) is 4.79 Å². The smallest absolute Gasteiger partial charge is 0.283 e. The van der Waals surface area contributed by atoms with E-state index in [2.05, 4.69) is 31.2 Å². The van der Waals surface area contributed by atoms with Gasteiger partial charge >= 0.3 is 0 Å². The fourth-order valence-electron chi connectivity index (χ4n) is 3.16. The van der Waals surface area contributed by atoms with Crippen molar-refractivity contribution in [3.8, 4) is 5.69 Å². The zero-order valence-electron chi connectivity index (χ0n) is 13.2. The van der Waals surface area contributed by atoms with Crippen LogP contribution in [0.5, 0.6) is 0 Å². The van der Waals surface area contributed by atoms with Gasteiger partial charge in [0.1, 0.15) is 6.33 Å². The van der Waals surface area contributed by atoms with Gasteiger partial charge in [0, 0.05) is 17.3 Å². The lowest BCUT2D eigenvalue weighted by Gasteiger charge is -2.12. The van der Waals surface area contributed by atoms with Crippen LogP contribution >= 0.6 is 15.9 Å². The molecule has 1 saturated heterocycles. The summed E-state index contributed by atoms with van der Waals surface area (Å²) in [5.41, 5.74) is 1.51. The Morgan fingerprint density at radius 2 is 1.92 bits per heavy atom. The molecule has 1 aromatic carbocycles. The largest absolute Gasteiger partial charge is 0.333 e. The summed E-state index contributed by atoms with van der Waals surface area (Å²) in [5.74, 6) is 0. The lowest BCUT2D eigenvalue weighted by molar-refractivity contribution is -0.888. The van der Waals surface area contributed by atoms with Gasteiger partial charge in [-0.05, 0) is 24.3 Å². The quantitative estimate of drug-likeness (QED) is 0.701. The van der Waals surface area contributed by atoms with E-state index in [0.717, 1.165) is 16.7 Å². The summed E-state index contributed by atoms with van der Waals surface area (Å²) in [6.45, 7) is 4.02. The number of nitrogens with one attached hydrogen (secondary N) is 1. The van der Waals surface area contributed by atoms with Gasteiger partial charge in [0.05, 0.1) is 31.9 Å². The minimum atomic E-state index is -0.123. The number of quaternary nitrogens is 1. The molecule has 3 heterocycles. The van der Waals surface area contributed by atoms with Crippen molar-refractivity contribution in [2.24, 2.45) is 0 Å². The van der Waals surface area contributed by atoms with Crippen molar-refractivity contribution < 1.29 is 4.90 Å². The summed E-state index contributed by atoms with van der Waals surface area (Å²) in [6, 6.07) is 7.65. The Labute approximate surface area is 147 Å². The average molecular weight is 390 g/mol. The summed E-state index contributed by atoms with van der Waals surface area (Å²) in [5, 5.41) is 8.16. The van der Waals surface area contributed by atoms with Crippen molar-refractivity contribution in [2.75, 3.05) is 19.6 Å². The van der Waals surface area contributed by atoms with Crippen LogP contribution in [0.25, 0.3) is 16.9 Å². The van der Waals surface area contributed by atoms with Crippen molar-refractivity contribution in [3.63, 3.8) is 0 Å². The highest BCUT2D eigenvalue weighted by atomic mass is 79.9. The molecule has 3 aromatic rings. The molecule has 1 fully saturated rings. The van der Waals surface area contributed by atoms with Gasteiger partial charge in [-0.15, -0.1) is 5.10 Å². The van der Waals surface area contributed by atoms with Crippen molar-refractivity contribution in [3.05, 3.63) is 45.4 Å². The van der Waals surface area contributed by atoms with Crippen LogP contribution in [0.3, 0.4) is 0 Å². The number of fused-ring (bicyclic) bond motifs is 1. The molecule has 0 unspecified atom stereocenters. The molecule has 2 aromatic heterocycles. The third-order valence-corrected chi connectivity index (χ3v) is 5.05. The molecule has 7 nitrogen and oxygen atoms in total. The SMILES string of the molecule is O=c1c2nnn(-c3ccc(Br)cc3)c2ncn1CC[NH+]1CCCC1. The molecule has 0 aliphatic carbocycles. The van der Waals surface area contributed by atoms with Crippen LogP contribution in [-0.2, 0) is 6.54 Å². The first-order valence-corrected chi connectivity index (χ1v) is 8.92. The van der Waals surface area contributed by atoms with E-state index >= 15 is 0 Å². The molecule has 4 rings (SSSR count). The van der Waals surface area contributed by atoms with E-state index in [1.165, 1.54) is 25.9 Å². The number of aromatic nitrogens is 5. The average Bonchev–Trinajstić information content (AvgIpc) is 3.25. The fourth-order valence-corrected chi connectivity index (χ4v) is 3.43. The van der Waals surface area contributed by atoms with Gasteiger partial charge < -0.3 is 4.90 Å². The van der Waals surface area contributed by atoms with Gasteiger partial charge in [0.25, 0.3) is 5.56 Å². The molecule has 1 N–H and O–H groups in total. The lowest BCUT2D eigenvalue weighted by Crippen LogP contribution is -3.10. The van der Waals surface area contributed by atoms with Crippen molar-refractivity contribution in [1.82, 2.24) is 24.5 Å². The Bertz CT molecular complexity index is 910. The Morgan fingerprint density at radius 3 is 2.67 bits per heavy atom. The second-order valence-electron chi connectivity index (χ2n) is 6.10. The molecule has 1 aliphatic rings. The first-order chi connectivity index (χ1) is 11.7. The van der Waals surface area contributed by atoms with Crippen molar-refractivity contribution >= 4 is 27.1 Å². The van der Waals surface area contributed by atoms with E-state index in [1.54, 1.807) is 20.5 Å². The first-order valence-electron chi connectivity index (χ1n) is 8.13. The van der Waals surface area contributed by atoms with Crippen LogP contribution in [0.15, 0.2) is 39.9 Å². The summed E-state index contributed by atoms with van der Waals surface area (Å²) in [7, 11) is 0. The number of hydrogen-bond donors (Lipinski definition) is 1. The molecule has 1 aliphatic heterocycles. The fraction of sp³-hybridized carbons (Fsp3) is 0.375.